The van der Waals surface area contributed by atoms with Gasteiger partial charge in [0.15, 0.2) is 35.4 Å². The quantitative estimate of drug-likeness (QED) is 0.0570. The van der Waals surface area contributed by atoms with Crippen LogP contribution in [0.1, 0.15) is 65.2 Å². The molecule has 10 aromatic carbocycles. The second-order valence-electron chi connectivity index (χ2n) is 21.6. The van der Waals surface area contributed by atoms with Gasteiger partial charge in [0.05, 0.1) is 24.3 Å². The maximum atomic E-state index is 16.6. The number of aliphatic hydroxyl groups excluding tert-OH is 1. The number of ether oxygens (including phenoxy) is 11. The monoisotopic (exact) mass is 1200 g/mol. The summed E-state index contributed by atoms with van der Waals surface area (Å²) in [6.45, 7) is -0.626. The van der Waals surface area contributed by atoms with E-state index in [9.17, 15) is 5.11 Å². The Kier molecular flexibility index (Phi) is 19.8. The second kappa shape index (κ2) is 29.7. The number of carbonyl (C=O) groups excluding carboxylic acids is 2. The van der Waals surface area contributed by atoms with E-state index in [1.807, 2.05) is 243 Å². The zero-order chi connectivity index (χ0) is 61.3. The van der Waals surface area contributed by atoms with Gasteiger partial charge in [0.2, 0.25) is 11.5 Å². The van der Waals surface area contributed by atoms with Gasteiger partial charge in [-0.1, -0.05) is 243 Å². The fraction of sp³-hybridized carbons (Fsp3) is 0.184. The first kappa shape index (κ1) is 60.1. The summed E-state index contributed by atoms with van der Waals surface area (Å²) in [5, 5.41) is 12.2. The van der Waals surface area contributed by atoms with Crippen molar-refractivity contribution in [2.45, 2.75) is 83.6 Å². The highest BCUT2D eigenvalue weighted by atomic mass is 16.7. The molecule has 0 aromatic heterocycles. The van der Waals surface area contributed by atoms with Crippen LogP contribution in [-0.2, 0) is 76.5 Å². The number of fused-ring (bicyclic) bond motifs is 5. The van der Waals surface area contributed by atoms with Gasteiger partial charge < -0.3 is 57.2 Å². The minimum absolute atomic E-state index is 0.000349. The lowest BCUT2D eigenvalue weighted by Crippen LogP contribution is -2.61. The number of benzene rings is 10. The Morgan fingerprint density at radius 3 is 0.978 bits per heavy atom. The molecule has 0 amide bonds. The first-order valence-corrected chi connectivity index (χ1v) is 29.8. The van der Waals surface area contributed by atoms with E-state index in [0.29, 0.717) is 0 Å². The van der Waals surface area contributed by atoms with Gasteiger partial charge in [-0.15, -0.1) is 0 Å². The maximum absolute atomic E-state index is 16.6. The topological polar surface area (TPSA) is 156 Å². The molecule has 2 heterocycles. The van der Waals surface area contributed by atoms with Crippen LogP contribution < -0.4 is 28.4 Å². The predicted molar refractivity (Wildman–Crippen MR) is 337 cm³/mol. The zero-order valence-corrected chi connectivity index (χ0v) is 49.3. The molecule has 1 unspecified atom stereocenters. The van der Waals surface area contributed by atoms with Crippen LogP contribution in [0.4, 0.5) is 0 Å². The average Bonchev–Trinajstić information content (AvgIpc) is 0.791. The number of esters is 2. The second-order valence-corrected chi connectivity index (χ2v) is 21.6. The van der Waals surface area contributed by atoms with Crippen molar-refractivity contribution in [3.05, 3.63) is 310 Å². The first-order chi connectivity index (χ1) is 44.4. The van der Waals surface area contributed by atoms with Gasteiger partial charge >= 0.3 is 11.9 Å². The smallest absolute Gasteiger partial charge is 0.339 e. The van der Waals surface area contributed by atoms with E-state index in [-0.39, 0.29) is 110 Å². The molecule has 0 spiro atoms. The first-order valence-electron chi connectivity index (χ1n) is 29.8. The summed E-state index contributed by atoms with van der Waals surface area (Å²) in [5.41, 5.74) is 5.96. The Morgan fingerprint density at radius 1 is 0.344 bits per heavy atom. The van der Waals surface area contributed by atoms with Crippen molar-refractivity contribution < 1.29 is 66.8 Å². The molecule has 14 heteroatoms. The number of aliphatic hydroxyl groups is 1. The van der Waals surface area contributed by atoms with Gasteiger partial charge in [-0.3, -0.25) is 0 Å². The molecule has 2 aliphatic heterocycles. The number of hydrogen-bond acceptors (Lipinski definition) is 14. The molecule has 0 radical (unpaired) electrons. The standard InChI is InChI=1S/C76H66O14/c77-74-60-41-62(80-43-52-25-9-1-10-26-52)67(82-45-54-29-13-3-14-30-54)70(85-48-57-35-19-6-20-36-57)65(60)66-61(42-63(81-44-53-27-11-2-12-28-53)68(83-46-55-31-15-4-16-32-55)71(66)86-49-58-37-21-7-22-38-58)75(78)90-72-69(84-47-56-33-17-5-18-34-56)64(51-88-74)89-76(79)73(72)87-50-59-39-23-8-24-40-59/h1-42,64,69,72-73,76,79H,43-51H2/t64-,69-,72+,73-,76?/m1/s1. The summed E-state index contributed by atoms with van der Waals surface area (Å²) in [7, 11) is 0. The molecule has 12 rings (SSSR count). The number of cyclic esters (lactones) is 1. The van der Waals surface area contributed by atoms with Crippen LogP contribution in [0, 0.1) is 0 Å². The SMILES string of the molecule is O=C1OC[C@H]2OC(O)[C@H](OCc3ccccc3)[C@@H](OC(=O)c3cc(OCc4ccccc4)c(OCc4ccccc4)c(OCc4ccccc4)c3-c3c1cc(OCc1ccccc1)c(OCc1ccccc1)c3OCc1ccccc1)[C@@H]2OCc1ccccc1. The van der Waals surface area contributed by atoms with E-state index < -0.39 is 49.3 Å². The Morgan fingerprint density at radius 2 is 0.633 bits per heavy atom. The fourth-order valence-corrected chi connectivity index (χ4v) is 10.7. The van der Waals surface area contributed by atoms with Crippen LogP contribution in [-0.4, -0.2) is 54.4 Å². The van der Waals surface area contributed by atoms with Crippen molar-refractivity contribution in [3.63, 3.8) is 0 Å². The molecule has 14 nitrogen and oxygen atoms in total. The molecule has 2 aliphatic rings. The molecule has 454 valence electrons. The Hall–Kier alpha value is -10.2. The van der Waals surface area contributed by atoms with E-state index in [0.717, 1.165) is 44.5 Å². The highest BCUT2D eigenvalue weighted by molar-refractivity contribution is 6.08. The van der Waals surface area contributed by atoms with Crippen molar-refractivity contribution in [1.82, 2.24) is 0 Å². The normalized spacial score (nSPS) is 17.0. The third-order valence-corrected chi connectivity index (χ3v) is 15.3. The molecule has 2 bridgehead atoms. The van der Waals surface area contributed by atoms with Gasteiger partial charge in [0, 0.05) is 11.1 Å². The summed E-state index contributed by atoms with van der Waals surface area (Å²) in [6.07, 6.45) is -7.02. The maximum Gasteiger partial charge on any atom is 0.339 e. The average molecular weight is 1200 g/mol. The van der Waals surface area contributed by atoms with E-state index in [1.54, 1.807) is 0 Å². The minimum Gasteiger partial charge on any atom is -0.485 e. The van der Waals surface area contributed by atoms with Crippen LogP contribution in [0.15, 0.2) is 255 Å². The lowest BCUT2D eigenvalue weighted by Gasteiger charge is -2.44. The van der Waals surface area contributed by atoms with Crippen molar-refractivity contribution >= 4 is 11.9 Å². The van der Waals surface area contributed by atoms with Crippen molar-refractivity contribution in [3.8, 4) is 45.6 Å². The van der Waals surface area contributed by atoms with Gasteiger partial charge in [0.1, 0.15) is 64.6 Å². The lowest BCUT2D eigenvalue weighted by molar-refractivity contribution is -0.305. The Bertz CT molecular complexity index is 3920. The van der Waals surface area contributed by atoms with Crippen molar-refractivity contribution in [1.29, 1.82) is 0 Å². The summed E-state index contributed by atoms with van der Waals surface area (Å²) in [5.74, 6) is -1.57. The Balaban J connectivity index is 1.14. The summed E-state index contributed by atoms with van der Waals surface area (Å²) < 4.78 is 75.3. The van der Waals surface area contributed by atoms with Crippen molar-refractivity contribution in [2.75, 3.05) is 6.61 Å². The van der Waals surface area contributed by atoms with Gasteiger partial charge in [0.25, 0.3) is 0 Å². The van der Waals surface area contributed by atoms with Gasteiger partial charge in [-0.05, 0) is 56.6 Å². The molecule has 1 N–H and O–H groups in total. The molecular weight excluding hydrogens is 1140 g/mol. The van der Waals surface area contributed by atoms with Crippen LogP contribution in [0.3, 0.4) is 0 Å². The molecule has 5 atom stereocenters. The minimum atomic E-state index is -1.73. The predicted octanol–water partition coefficient (Wildman–Crippen LogP) is 14.4. The summed E-state index contributed by atoms with van der Waals surface area (Å²) >= 11 is 0. The molecule has 90 heavy (non-hydrogen) atoms. The van der Waals surface area contributed by atoms with Crippen LogP contribution in [0.2, 0.25) is 0 Å². The third kappa shape index (κ3) is 15.0. The molecule has 1 saturated heterocycles. The third-order valence-electron chi connectivity index (χ3n) is 15.3. The molecule has 0 aliphatic carbocycles. The molecular formula is C76H66O14. The summed E-state index contributed by atoms with van der Waals surface area (Å²) in [6, 6.07) is 79.1. The highest BCUT2D eigenvalue weighted by Crippen LogP contribution is 2.56. The van der Waals surface area contributed by atoms with E-state index in [1.165, 1.54) is 12.1 Å². The van der Waals surface area contributed by atoms with Crippen molar-refractivity contribution in [2.24, 2.45) is 0 Å². The van der Waals surface area contributed by atoms with Crippen LogP contribution in [0.5, 0.6) is 34.5 Å². The number of rotatable bonds is 24. The Labute approximate surface area is 522 Å². The highest BCUT2D eigenvalue weighted by Gasteiger charge is 2.51. The fourth-order valence-electron chi connectivity index (χ4n) is 10.7. The van der Waals surface area contributed by atoms with Gasteiger partial charge in [-0.25, -0.2) is 9.59 Å². The van der Waals surface area contributed by atoms with E-state index in [4.69, 9.17) is 52.1 Å². The number of carbonyl (C=O) groups is 2. The summed E-state index contributed by atoms with van der Waals surface area (Å²) in [4.78, 5) is 32.6. The van der Waals surface area contributed by atoms with Crippen LogP contribution in [0.25, 0.3) is 11.1 Å². The largest absolute Gasteiger partial charge is 0.485 e. The lowest BCUT2D eigenvalue weighted by atomic mass is 9.91. The van der Waals surface area contributed by atoms with E-state index in [2.05, 4.69) is 0 Å². The van der Waals surface area contributed by atoms with E-state index >= 15 is 9.59 Å². The number of hydrogen-bond donors (Lipinski definition) is 1. The molecule has 0 saturated carbocycles. The molecule has 1 fully saturated rings. The van der Waals surface area contributed by atoms with Crippen LogP contribution >= 0.6 is 0 Å². The zero-order valence-electron chi connectivity index (χ0n) is 49.3. The van der Waals surface area contributed by atoms with Gasteiger partial charge in [-0.2, -0.15) is 0 Å². The molecule has 10 aromatic rings.